The normalized spacial score (nSPS) is 22.6. The lowest BCUT2D eigenvalue weighted by Gasteiger charge is -2.50. The number of nitrogens with zero attached hydrogens (tertiary/aromatic N) is 2. The first-order chi connectivity index (χ1) is 13.6. The van der Waals surface area contributed by atoms with Crippen LogP contribution in [0.1, 0.15) is 56.8 Å². The lowest BCUT2D eigenvalue weighted by molar-refractivity contribution is -0.178. The average molecular weight is 404 g/mol. The van der Waals surface area contributed by atoms with E-state index in [2.05, 4.69) is 0 Å². The van der Waals surface area contributed by atoms with Crippen LogP contribution in [-0.2, 0) is 9.47 Å². The summed E-state index contributed by atoms with van der Waals surface area (Å²) in [6, 6.07) is 5.69. The number of piperidine rings is 1. The molecule has 0 bridgehead atoms. The van der Waals surface area contributed by atoms with Crippen molar-refractivity contribution in [3.8, 4) is 0 Å². The second-order valence-electron chi connectivity index (χ2n) is 9.60. The Balaban J connectivity index is 1.45. The molecule has 7 heteroatoms. The standard InChI is InChI=1S/C22H29FN2O4/c1-20(2,3)28-19(27)24-12-10-22(11-13-24)15-25(14-21(29-22)8-9-21)18(26)16-4-6-17(23)7-5-16/h4-7H,8-15H2,1-3H3. The first-order valence-corrected chi connectivity index (χ1v) is 10.3. The van der Waals surface area contributed by atoms with Crippen molar-refractivity contribution in [3.63, 3.8) is 0 Å². The molecule has 158 valence electrons. The number of morpholine rings is 1. The van der Waals surface area contributed by atoms with Crippen molar-refractivity contribution in [2.24, 2.45) is 0 Å². The molecule has 0 unspecified atom stereocenters. The fourth-order valence-electron chi connectivity index (χ4n) is 4.28. The Labute approximate surface area is 170 Å². The third-order valence-electron chi connectivity index (χ3n) is 5.90. The fraction of sp³-hybridized carbons (Fsp3) is 0.636. The van der Waals surface area contributed by atoms with E-state index in [1.165, 1.54) is 24.3 Å². The SMILES string of the molecule is CC(C)(C)OC(=O)N1CCC2(CC1)CN(C(=O)c1ccc(F)cc1)CC1(CC1)O2. The first-order valence-electron chi connectivity index (χ1n) is 10.3. The van der Waals surface area contributed by atoms with Gasteiger partial charge in [0.15, 0.2) is 0 Å². The van der Waals surface area contributed by atoms with E-state index in [1.54, 1.807) is 4.90 Å². The summed E-state index contributed by atoms with van der Waals surface area (Å²) < 4.78 is 25.3. The van der Waals surface area contributed by atoms with Crippen molar-refractivity contribution in [1.29, 1.82) is 0 Å². The molecule has 2 heterocycles. The molecule has 29 heavy (non-hydrogen) atoms. The van der Waals surface area contributed by atoms with E-state index < -0.39 is 11.2 Å². The summed E-state index contributed by atoms with van der Waals surface area (Å²) in [6.45, 7) is 7.73. The van der Waals surface area contributed by atoms with Gasteiger partial charge in [0.05, 0.1) is 24.3 Å². The van der Waals surface area contributed by atoms with Crippen LogP contribution in [-0.4, -0.2) is 64.8 Å². The second-order valence-corrected chi connectivity index (χ2v) is 9.60. The Hall–Kier alpha value is -2.15. The van der Waals surface area contributed by atoms with E-state index in [4.69, 9.17) is 9.47 Å². The maximum atomic E-state index is 13.2. The second kappa shape index (κ2) is 6.97. The summed E-state index contributed by atoms with van der Waals surface area (Å²) in [5.41, 5.74) is -0.736. The van der Waals surface area contributed by atoms with Gasteiger partial charge in [-0.1, -0.05) is 0 Å². The number of ether oxygens (including phenoxy) is 2. The van der Waals surface area contributed by atoms with Gasteiger partial charge in [-0.05, 0) is 70.7 Å². The van der Waals surface area contributed by atoms with Gasteiger partial charge in [0.2, 0.25) is 0 Å². The number of amides is 2. The molecule has 2 saturated heterocycles. The van der Waals surface area contributed by atoms with Crippen LogP contribution in [0.15, 0.2) is 24.3 Å². The number of hydrogen-bond acceptors (Lipinski definition) is 4. The molecule has 0 N–H and O–H groups in total. The molecule has 0 radical (unpaired) electrons. The van der Waals surface area contributed by atoms with Crippen molar-refractivity contribution in [2.75, 3.05) is 26.2 Å². The predicted molar refractivity (Wildman–Crippen MR) is 105 cm³/mol. The van der Waals surface area contributed by atoms with E-state index in [0.29, 0.717) is 44.6 Å². The molecule has 0 aromatic heterocycles. The highest BCUT2D eigenvalue weighted by Gasteiger charge is 2.57. The van der Waals surface area contributed by atoms with E-state index in [-0.39, 0.29) is 23.4 Å². The molecule has 1 saturated carbocycles. The summed E-state index contributed by atoms with van der Waals surface area (Å²) >= 11 is 0. The highest BCUT2D eigenvalue weighted by molar-refractivity contribution is 5.94. The molecular weight excluding hydrogens is 375 g/mol. The number of halogens is 1. The Kier molecular flexibility index (Phi) is 4.84. The van der Waals surface area contributed by atoms with Crippen molar-refractivity contribution in [2.45, 2.75) is 63.3 Å². The quantitative estimate of drug-likeness (QED) is 0.718. The number of benzene rings is 1. The van der Waals surface area contributed by atoms with Crippen molar-refractivity contribution >= 4 is 12.0 Å². The van der Waals surface area contributed by atoms with Gasteiger partial charge < -0.3 is 19.3 Å². The molecule has 3 aliphatic rings. The topological polar surface area (TPSA) is 59.1 Å². The van der Waals surface area contributed by atoms with Gasteiger partial charge in [-0.25, -0.2) is 9.18 Å². The lowest BCUT2D eigenvalue weighted by Crippen LogP contribution is -2.62. The largest absolute Gasteiger partial charge is 0.444 e. The molecule has 2 spiro atoms. The van der Waals surface area contributed by atoms with Gasteiger partial charge in [0.1, 0.15) is 11.4 Å². The average Bonchev–Trinajstić information content (AvgIpc) is 3.38. The van der Waals surface area contributed by atoms with Crippen LogP contribution in [0, 0.1) is 5.82 Å². The number of likely N-dealkylation sites (tertiary alicyclic amines) is 1. The predicted octanol–water partition coefficient (Wildman–Crippen LogP) is 3.60. The minimum Gasteiger partial charge on any atom is -0.444 e. The zero-order chi connectivity index (χ0) is 20.9. The molecule has 2 aliphatic heterocycles. The number of hydrogen-bond donors (Lipinski definition) is 0. The van der Waals surface area contributed by atoms with E-state index in [9.17, 15) is 14.0 Å². The van der Waals surface area contributed by atoms with Crippen molar-refractivity contribution < 1.29 is 23.5 Å². The van der Waals surface area contributed by atoms with Gasteiger partial charge >= 0.3 is 6.09 Å². The zero-order valence-electron chi connectivity index (χ0n) is 17.4. The molecule has 3 fully saturated rings. The maximum absolute atomic E-state index is 13.2. The number of rotatable bonds is 1. The highest BCUT2D eigenvalue weighted by Crippen LogP contribution is 2.49. The Morgan fingerprint density at radius 3 is 2.03 bits per heavy atom. The Morgan fingerprint density at radius 2 is 1.52 bits per heavy atom. The number of carbonyl (C=O) groups excluding carboxylic acids is 2. The zero-order valence-corrected chi connectivity index (χ0v) is 17.4. The first kappa shape index (κ1) is 20.1. The van der Waals surface area contributed by atoms with Crippen molar-refractivity contribution in [3.05, 3.63) is 35.6 Å². The summed E-state index contributed by atoms with van der Waals surface area (Å²) in [5, 5.41) is 0. The van der Waals surface area contributed by atoms with Gasteiger partial charge in [-0.15, -0.1) is 0 Å². The van der Waals surface area contributed by atoms with Crippen LogP contribution < -0.4 is 0 Å². The molecule has 1 aromatic carbocycles. The lowest BCUT2D eigenvalue weighted by atomic mass is 9.88. The van der Waals surface area contributed by atoms with Crippen molar-refractivity contribution in [1.82, 2.24) is 9.80 Å². The van der Waals surface area contributed by atoms with Crippen LogP contribution in [0.5, 0.6) is 0 Å². The molecule has 4 rings (SSSR count). The Morgan fingerprint density at radius 1 is 0.966 bits per heavy atom. The molecule has 1 aromatic rings. The van der Waals surface area contributed by atoms with Crippen LogP contribution in [0.25, 0.3) is 0 Å². The van der Waals surface area contributed by atoms with Gasteiger partial charge in [0, 0.05) is 18.7 Å². The smallest absolute Gasteiger partial charge is 0.410 e. The minimum atomic E-state index is -0.524. The summed E-state index contributed by atoms with van der Waals surface area (Å²) in [5.74, 6) is -0.443. The van der Waals surface area contributed by atoms with E-state index in [1.807, 2.05) is 25.7 Å². The maximum Gasteiger partial charge on any atom is 0.410 e. The molecule has 2 amide bonds. The van der Waals surface area contributed by atoms with Gasteiger partial charge in [0.25, 0.3) is 5.91 Å². The minimum absolute atomic E-state index is 0.0893. The Bertz CT molecular complexity index is 790. The van der Waals surface area contributed by atoms with E-state index >= 15 is 0 Å². The molecule has 0 atom stereocenters. The number of carbonyl (C=O) groups is 2. The molecular formula is C22H29FN2O4. The van der Waals surface area contributed by atoms with Crippen LogP contribution >= 0.6 is 0 Å². The summed E-state index contributed by atoms with van der Waals surface area (Å²) in [4.78, 5) is 29.0. The van der Waals surface area contributed by atoms with Gasteiger partial charge in [-0.2, -0.15) is 0 Å². The van der Waals surface area contributed by atoms with Crippen LogP contribution in [0.4, 0.5) is 9.18 Å². The monoisotopic (exact) mass is 404 g/mol. The fourth-order valence-corrected chi connectivity index (χ4v) is 4.28. The van der Waals surface area contributed by atoms with Crippen LogP contribution in [0.3, 0.4) is 0 Å². The molecule has 1 aliphatic carbocycles. The third kappa shape index (κ3) is 4.39. The van der Waals surface area contributed by atoms with E-state index in [0.717, 1.165) is 12.8 Å². The highest BCUT2D eigenvalue weighted by atomic mass is 19.1. The summed E-state index contributed by atoms with van der Waals surface area (Å²) in [7, 11) is 0. The van der Waals surface area contributed by atoms with Crippen LogP contribution in [0.2, 0.25) is 0 Å². The summed E-state index contributed by atoms with van der Waals surface area (Å²) in [6.07, 6.45) is 2.92. The third-order valence-corrected chi connectivity index (χ3v) is 5.90. The molecule has 6 nitrogen and oxygen atoms in total. The van der Waals surface area contributed by atoms with Gasteiger partial charge in [-0.3, -0.25) is 4.79 Å².